The molecule has 180 valence electrons. The Morgan fingerprint density at radius 3 is 2.59 bits per heavy atom. The Hall–Kier alpha value is -3.47. The smallest absolute Gasteiger partial charge is 0.268 e. The summed E-state index contributed by atoms with van der Waals surface area (Å²) in [5.74, 6) is 0.359. The zero-order valence-corrected chi connectivity index (χ0v) is 20.6. The highest BCUT2D eigenvalue weighted by Crippen LogP contribution is 2.40. The van der Waals surface area contributed by atoms with Crippen LogP contribution in [0.15, 0.2) is 39.9 Å². The number of carbonyl (C=O) groups is 1. The molecule has 10 nitrogen and oxygen atoms in total. The molecule has 0 aromatic carbocycles. The number of carbonyl (C=O) groups excluding carboxylic acids is 1. The summed E-state index contributed by atoms with van der Waals surface area (Å²) in [6.45, 7) is 10.6. The summed E-state index contributed by atoms with van der Waals surface area (Å²) in [4.78, 5) is 23.7. The van der Waals surface area contributed by atoms with E-state index in [4.69, 9.17) is 15.2 Å². The summed E-state index contributed by atoms with van der Waals surface area (Å²) in [6, 6.07) is 5.99. The Morgan fingerprint density at radius 1 is 1.26 bits per heavy atom. The lowest BCUT2D eigenvalue weighted by Crippen LogP contribution is -2.43. The minimum atomic E-state index is -4.24. The molecule has 1 atom stereocenters. The number of hydrogen-bond acceptors (Lipinski definition) is 9. The molecule has 1 aliphatic rings. The molecule has 1 amide bonds. The molecule has 1 unspecified atom stereocenters. The number of aromatic nitrogens is 3. The topological polar surface area (TPSA) is 144 Å². The minimum absolute atomic E-state index is 0.142. The van der Waals surface area contributed by atoms with Crippen molar-refractivity contribution in [2.24, 2.45) is 5.92 Å². The maximum atomic E-state index is 13.3. The van der Waals surface area contributed by atoms with Crippen molar-refractivity contribution in [1.29, 1.82) is 0 Å². The number of sulfonamides is 1. The molecular weight excluding hydrogens is 456 g/mol. The number of nitrogen functional groups attached to an aromatic ring is 1. The number of hydrogen-bond donors (Lipinski definition) is 2. The molecule has 3 N–H and O–H groups in total. The molecule has 4 rings (SSSR count). The van der Waals surface area contributed by atoms with Crippen LogP contribution >= 0.6 is 0 Å². The van der Waals surface area contributed by atoms with Crippen LogP contribution in [0.4, 0.5) is 11.6 Å². The molecule has 0 spiro atoms. The fraction of sp³-hybridized carbons (Fsp3) is 0.391. The lowest BCUT2D eigenvalue weighted by Gasteiger charge is -2.36. The van der Waals surface area contributed by atoms with E-state index in [1.165, 1.54) is 18.3 Å². The number of pyridine rings is 2. The maximum absolute atomic E-state index is 13.3. The zero-order chi connectivity index (χ0) is 24.8. The van der Waals surface area contributed by atoms with E-state index in [0.717, 1.165) is 12.0 Å². The fourth-order valence-electron chi connectivity index (χ4n) is 4.29. The van der Waals surface area contributed by atoms with Crippen molar-refractivity contribution in [3.63, 3.8) is 0 Å². The summed E-state index contributed by atoms with van der Waals surface area (Å²) < 4.78 is 33.2. The average molecular weight is 485 g/mol. The third-order valence-corrected chi connectivity index (χ3v) is 8.05. The predicted octanol–water partition coefficient (Wildman–Crippen LogP) is 3.07. The monoisotopic (exact) mass is 484 g/mol. The molecule has 3 aromatic rings. The molecule has 0 saturated carbocycles. The van der Waals surface area contributed by atoms with Gasteiger partial charge < -0.3 is 15.2 Å². The number of amides is 1. The summed E-state index contributed by atoms with van der Waals surface area (Å²) in [5, 5.41) is 4.00. The van der Waals surface area contributed by atoms with E-state index in [9.17, 15) is 13.2 Å². The maximum Gasteiger partial charge on any atom is 0.268 e. The summed E-state index contributed by atoms with van der Waals surface area (Å²) >= 11 is 0. The Balaban J connectivity index is 1.81. The lowest BCUT2D eigenvalue weighted by atomic mass is 9.90. The third-order valence-electron chi connectivity index (χ3n) is 6.67. The van der Waals surface area contributed by atoms with Crippen molar-refractivity contribution >= 4 is 27.6 Å². The van der Waals surface area contributed by atoms with Gasteiger partial charge in [0.1, 0.15) is 22.3 Å². The van der Waals surface area contributed by atoms with Gasteiger partial charge in [-0.2, -0.15) is 0 Å². The van der Waals surface area contributed by atoms with Crippen LogP contribution in [0.2, 0.25) is 0 Å². The van der Waals surface area contributed by atoms with Gasteiger partial charge in [0.05, 0.1) is 22.5 Å². The molecule has 3 aromatic heterocycles. The van der Waals surface area contributed by atoms with Gasteiger partial charge in [-0.25, -0.2) is 23.1 Å². The first-order valence-corrected chi connectivity index (χ1v) is 12.4. The predicted molar refractivity (Wildman–Crippen MR) is 128 cm³/mol. The molecular formula is C23H28N6O4S. The highest BCUT2D eigenvalue weighted by molar-refractivity contribution is 7.90. The van der Waals surface area contributed by atoms with Gasteiger partial charge in [0.25, 0.3) is 15.9 Å². The van der Waals surface area contributed by atoms with Crippen LogP contribution in [0.5, 0.6) is 0 Å². The molecule has 0 aliphatic carbocycles. The first-order valence-electron chi connectivity index (χ1n) is 10.9. The zero-order valence-electron chi connectivity index (χ0n) is 19.8. The van der Waals surface area contributed by atoms with E-state index in [0.29, 0.717) is 35.4 Å². The number of rotatable bonds is 5. The number of nitrogens with zero attached hydrogens (tertiary/aromatic N) is 4. The molecule has 1 saturated heterocycles. The van der Waals surface area contributed by atoms with Gasteiger partial charge in [-0.05, 0) is 64.3 Å². The van der Waals surface area contributed by atoms with E-state index in [1.54, 1.807) is 19.1 Å². The average Bonchev–Trinajstić information content (AvgIpc) is 3.24. The summed E-state index contributed by atoms with van der Waals surface area (Å²) in [5.41, 5.74) is 7.59. The highest BCUT2D eigenvalue weighted by Gasteiger charge is 2.41. The van der Waals surface area contributed by atoms with Crippen molar-refractivity contribution in [3.05, 3.63) is 47.5 Å². The Morgan fingerprint density at radius 2 is 2.00 bits per heavy atom. The molecule has 0 bridgehead atoms. The second-order valence-corrected chi connectivity index (χ2v) is 10.7. The van der Waals surface area contributed by atoms with Crippen LogP contribution in [0.25, 0.3) is 11.3 Å². The lowest BCUT2D eigenvalue weighted by molar-refractivity contribution is 0.0981. The third kappa shape index (κ3) is 4.00. The fourth-order valence-corrected chi connectivity index (χ4v) is 5.34. The Labute approximate surface area is 198 Å². The Kier molecular flexibility index (Phi) is 5.84. The SMILES string of the molecule is Cc1noc(C)c1-c1ccc(C(=O)NS(=O)(=O)c2cccnc2N)c(N2CCC(C)C2(C)C)n1. The largest absolute Gasteiger partial charge is 0.383 e. The van der Waals surface area contributed by atoms with Crippen molar-refractivity contribution < 1.29 is 17.7 Å². The molecule has 1 aliphatic heterocycles. The van der Waals surface area contributed by atoms with E-state index in [-0.39, 0.29) is 21.8 Å². The second kappa shape index (κ2) is 8.39. The number of nitrogens with two attached hydrogens (primary N) is 1. The van der Waals surface area contributed by atoms with Crippen LogP contribution in [-0.2, 0) is 10.0 Å². The van der Waals surface area contributed by atoms with Gasteiger partial charge >= 0.3 is 0 Å². The molecule has 4 heterocycles. The van der Waals surface area contributed by atoms with E-state index in [2.05, 4.69) is 40.5 Å². The number of nitrogens with one attached hydrogen (secondary N) is 1. The van der Waals surface area contributed by atoms with Gasteiger partial charge in [0.2, 0.25) is 0 Å². The van der Waals surface area contributed by atoms with Crippen LogP contribution in [0.3, 0.4) is 0 Å². The van der Waals surface area contributed by atoms with Crippen molar-refractivity contribution in [3.8, 4) is 11.3 Å². The van der Waals surface area contributed by atoms with Crippen LogP contribution in [0, 0.1) is 19.8 Å². The number of aryl methyl sites for hydroxylation is 2. The minimum Gasteiger partial charge on any atom is -0.383 e. The first kappa shape index (κ1) is 23.7. The van der Waals surface area contributed by atoms with Crippen LogP contribution in [-0.4, -0.2) is 41.5 Å². The van der Waals surface area contributed by atoms with Crippen molar-refractivity contribution in [2.45, 2.75) is 51.5 Å². The Bertz CT molecular complexity index is 1350. The molecule has 1 fully saturated rings. The summed E-state index contributed by atoms with van der Waals surface area (Å²) in [6.07, 6.45) is 2.29. The summed E-state index contributed by atoms with van der Waals surface area (Å²) in [7, 11) is -4.24. The van der Waals surface area contributed by atoms with E-state index >= 15 is 0 Å². The van der Waals surface area contributed by atoms with Crippen LogP contribution in [0.1, 0.15) is 49.0 Å². The first-order chi connectivity index (χ1) is 15.9. The van der Waals surface area contributed by atoms with Gasteiger partial charge in [0, 0.05) is 18.3 Å². The molecule has 11 heteroatoms. The number of anilines is 2. The van der Waals surface area contributed by atoms with Crippen molar-refractivity contribution in [1.82, 2.24) is 19.8 Å². The van der Waals surface area contributed by atoms with E-state index in [1.807, 2.05) is 6.92 Å². The van der Waals surface area contributed by atoms with Gasteiger partial charge in [-0.1, -0.05) is 12.1 Å². The van der Waals surface area contributed by atoms with Crippen LogP contribution < -0.4 is 15.4 Å². The van der Waals surface area contributed by atoms with Gasteiger partial charge in [-0.15, -0.1) is 0 Å². The standard InChI is InChI=1S/C23H28N6O4S/c1-13-10-12-29(23(13,4)5)21-16(8-9-17(26-21)19-14(2)27-33-15(19)3)22(30)28-34(31,32)18-7-6-11-25-20(18)24/h6-9,11,13H,10,12H2,1-5H3,(H2,24,25)(H,28,30). The normalized spacial score (nSPS) is 17.7. The van der Waals surface area contributed by atoms with Gasteiger partial charge in [-0.3, -0.25) is 4.79 Å². The van der Waals surface area contributed by atoms with Crippen molar-refractivity contribution in [2.75, 3.05) is 17.2 Å². The van der Waals surface area contributed by atoms with Gasteiger partial charge in [0.15, 0.2) is 0 Å². The van der Waals surface area contributed by atoms with E-state index < -0.39 is 15.9 Å². The molecule has 0 radical (unpaired) electrons. The quantitative estimate of drug-likeness (QED) is 0.558. The molecule has 34 heavy (non-hydrogen) atoms. The second-order valence-electron chi connectivity index (χ2n) is 9.08. The highest BCUT2D eigenvalue weighted by atomic mass is 32.2.